The van der Waals surface area contributed by atoms with Gasteiger partial charge in [-0.2, -0.15) is 0 Å². The molecule has 0 radical (unpaired) electrons. The molecule has 0 spiro atoms. The largest absolute Gasteiger partial charge is 0.462 e. The molecule has 0 saturated heterocycles. The molecule has 8 heteroatoms. The van der Waals surface area contributed by atoms with Crippen molar-refractivity contribution in [3.63, 3.8) is 0 Å². The number of fused-ring (bicyclic) bond motifs is 1. The summed E-state index contributed by atoms with van der Waals surface area (Å²) in [4.78, 5) is 30.0. The molecule has 37 heavy (non-hydrogen) atoms. The number of aliphatic hydroxyl groups is 1. The molecule has 8 nitrogen and oxygen atoms in total. The first-order valence-electron chi connectivity index (χ1n) is 13.3. The van der Waals surface area contributed by atoms with E-state index in [-0.39, 0.29) is 23.7 Å². The van der Waals surface area contributed by atoms with E-state index in [1.807, 2.05) is 19.2 Å². The molecule has 0 bridgehead atoms. The molecule has 0 amide bonds. The van der Waals surface area contributed by atoms with Gasteiger partial charge in [-0.25, -0.2) is 4.98 Å². The highest BCUT2D eigenvalue weighted by Crippen LogP contribution is 2.31. The number of nitrogens with zero attached hydrogens (tertiary/aromatic N) is 3. The Morgan fingerprint density at radius 2 is 2.03 bits per heavy atom. The zero-order valence-electron chi connectivity index (χ0n) is 22.6. The molecular formula is C29H39N3O5. The van der Waals surface area contributed by atoms with Crippen molar-refractivity contribution < 1.29 is 19.4 Å². The highest BCUT2D eigenvalue weighted by molar-refractivity contribution is 5.81. The molecule has 1 aliphatic rings. The minimum Gasteiger partial charge on any atom is -0.462 e. The van der Waals surface area contributed by atoms with Gasteiger partial charge in [0.2, 0.25) is 0 Å². The molecule has 4 rings (SSSR count). The van der Waals surface area contributed by atoms with Crippen LogP contribution in [0.15, 0.2) is 35.3 Å². The van der Waals surface area contributed by atoms with Crippen molar-refractivity contribution in [3.05, 3.63) is 51.9 Å². The van der Waals surface area contributed by atoms with Crippen LogP contribution >= 0.6 is 0 Å². The van der Waals surface area contributed by atoms with Crippen LogP contribution in [0.1, 0.15) is 63.1 Å². The number of imidazole rings is 1. The number of aromatic nitrogens is 3. The van der Waals surface area contributed by atoms with E-state index in [0.29, 0.717) is 25.0 Å². The number of methoxy groups -OCH3 is 1. The van der Waals surface area contributed by atoms with E-state index in [9.17, 15) is 14.7 Å². The first-order valence-corrected chi connectivity index (χ1v) is 13.3. The van der Waals surface area contributed by atoms with Crippen LogP contribution in [0.3, 0.4) is 0 Å². The second-order valence-corrected chi connectivity index (χ2v) is 10.3. The highest BCUT2D eigenvalue weighted by Gasteiger charge is 2.30. The molecule has 1 saturated carbocycles. The van der Waals surface area contributed by atoms with E-state index in [1.165, 1.54) is 0 Å². The summed E-state index contributed by atoms with van der Waals surface area (Å²) in [5, 5.41) is 10.3. The van der Waals surface area contributed by atoms with Crippen LogP contribution in [0.2, 0.25) is 0 Å². The van der Waals surface area contributed by atoms with Gasteiger partial charge in [-0.05, 0) is 76.1 Å². The molecule has 2 heterocycles. The Balaban J connectivity index is 1.67. The molecule has 1 N–H and O–H groups in total. The molecule has 3 aromatic rings. The van der Waals surface area contributed by atoms with Crippen molar-refractivity contribution in [2.24, 2.45) is 13.0 Å². The number of aryl methyl sites for hydroxylation is 3. The van der Waals surface area contributed by atoms with Crippen molar-refractivity contribution in [2.75, 3.05) is 13.7 Å². The maximum absolute atomic E-state index is 12.6. The lowest BCUT2D eigenvalue weighted by Gasteiger charge is -2.28. The molecule has 1 aliphatic carbocycles. The average molecular weight is 510 g/mol. The van der Waals surface area contributed by atoms with E-state index < -0.39 is 12.0 Å². The van der Waals surface area contributed by atoms with Gasteiger partial charge >= 0.3 is 5.97 Å². The van der Waals surface area contributed by atoms with Gasteiger partial charge in [-0.1, -0.05) is 13.0 Å². The smallest absolute Gasteiger partial charge is 0.311 e. The van der Waals surface area contributed by atoms with Crippen molar-refractivity contribution in [1.29, 1.82) is 0 Å². The van der Waals surface area contributed by atoms with Crippen LogP contribution in [0.5, 0.6) is 0 Å². The Bertz CT molecular complexity index is 1280. The lowest BCUT2D eigenvalue weighted by Crippen LogP contribution is -2.33. The van der Waals surface area contributed by atoms with Crippen molar-refractivity contribution in [3.8, 4) is 11.4 Å². The molecule has 1 fully saturated rings. The maximum Gasteiger partial charge on any atom is 0.311 e. The summed E-state index contributed by atoms with van der Waals surface area (Å²) in [5.41, 5.74) is 4.39. The zero-order valence-corrected chi connectivity index (χ0v) is 22.6. The average Bonchev–Trinajstić information content (AvgIpc) is 3.21. The summed E-state index contributed by atoms with van der Waals surface area (Å²) in [6.45, 7) is 6.14. The number of hydrogen-bond donors (Lipinski definition) is 1. The van der Waals surface area contributed by atoms with Crippen LogP contribution in [0.25, 0.3) is 22.4 Å². The summed E-state index contributed by atoms with van der Waals surface area (Å²) in [5.74, 6) is -0.0624. The molecule has 1 unspecified atom stereocenters. The van der Waals surface area contributed by atoms with E-state index in [4.69, 9.17) is 14.5 Å². The predicted molar refractivity (Wildman–Crippen MR) is 144 cm³/mol. The summed E-state index contributed by atoms with van der Waals surface area (Å²) in [6, 6.07) is 8.15. The Kier molecular flexibility index (Phi) is 8.49. The predicted octanol–water partition coefficient (Wildman–Crippen LogP) is 4.33. The number of aliphatic hydroxyl groups excluding tert-OH is 1. The SMILES string of the molecule is CCC(COC)n1c(-c2cc(C)c(=O)n(C)c2)nc2cc(CC[C@H](C(=O)OC3CCC3)[C@@H](C)O)ccc21. The third kappa shape index (κ3) is 5.80. The lowest BCUT2D eigenvalue weighted by atomic mass is 9.93. The van der Waals surface area contributed by atoms with Gasteiger partial charge in [0.25, 0.3) is 5.56 Å². The third-order valence-corrected chi connectivity index (χ3v) is 7.53. The Morgan fingerprint density at radius 1 is 1.27 bits per heavy atom. The summed E-state index contributed by atoms with van der Waals surface area (Å²) >= 11 is 0. The van der Waals surface area contributed by atoms with Crippen LogP contribution in [-0.4, -0.2) is 51.1 Å². The fourth-order valence-electron chi connectivity index (χ4n) is 5.06. The Hall–Kier alpha value is -2.97. The number of hydrogen-bond acceptors (Lipinski definition) is 6. The molecule has 2 aromatic heterocycles. The lowest BCUT2D eigenvalue weighted by molar-refractivity contribution is -0.161. The van der Waals surface area contributed by atoms with Crippen LogP contribution in [0.4, 0.5) is 0 Å². The summed E-state index contributed by atoms with van der Waals surface area (Å²) in [7, 11) is 3.45. The second kappa shape index (κ2) is 11.6. The normalized spacial score (nSPS) is 16.4. The van der Waals surface area contributed by atoms with Gasteiger partial charge in [0, 0.05) is 31.5 Å². The monoisotopic (exact) mass is 509 g/mol. The number of carbonyl (C=O) groups is 1. The Labute approximate surface area is 218 Å². The van der Waals surface area contributed by atoms with Crippen LogP contribution in [0, 0.1) is 12.8 Å². The van der Waals surface area contributed by atoms with Crippen molar-refractivity contribution >= 4 is 17.0 Å². The van der Waals surface area contributed by atoms with Crippen molar-refractivity contribution in [2.45, 2.75) is 77.5 Å². The molecule has 1 aromatic carbocycles. The van der Waals surface area contributed by atoms with Crippen LogP contribution < -0.4 is 5.56 Å². The van der Waals surface area contributed by atoms with Gasteiger partial charge in [-0.3, -0.25) is 9.59 Å². The second-order valence-electron chi connectivity index (χ2n) is 10.3. The van der Waals surface area contributed by atoms with E-state index in [0.717, 1.165) is 53.7 Å². The number of esters is 1. The van der Waals surface area contributed by atoms with Gasteiger partial charge in [0.05, 0.1) is 35.7 Å². The van der Waals surface area contributed by atoms with E-state index >= 15 is 0 Å². The molecule has 0 aliphatic heterocycles. The van der Waals surface area contributed by atoms with Crippen LogP contribution in [-0.2, 0) is 27.7 Å². The van der Waals surface area contributed by atoms with E-state index in [1.54, 1.807) is 25.6 Å². The van der Waals surface area contributed by atoms with Gasteiger partial charge in [-0.15, -0.1) is 0 Å². The maximum atomic E-state index is 12.6. The van der Waals surface area contributed by atoms with Gasteiger partial charge in [0.1, 0.15) is 11.9 Å². The van der Waals surface area contributed by atoms with Gasteiger partial charge < -0.3 is 23.7 Å². The Morgan fingerprint density at radius 3 is 2.62 bits per heavy atom. The number of carbonyl (C=O) groups excluding carboxylic acids is 1. The highest BCUT2D eigenvalue weighted by atomic mass is 16.5. The third-order valence-electron chi connectivity index (χ3n) is 7.53. The fraction of sp³-hybridized carbons (Fsp3) is 0.552. The van der Waals surface area contributed by atoms with Crippen molar-refractivity contribution in [1.82, 2.24) is 14.1 Å². The first-order chi connectivity index (χ1) is 17.7. The fourth-order valence-corrected chi connectivity index (χ4v) is 5.06. The molecule has 200 valence electrons. The number of ether oxygens (including phenoxy) is 2. The minimum atomic E-state index is -0.769. The molecular weight excluding hydrogens is 470 g/mol. The summed E-state index contributed by atoms with van der Waals surface area (Å²) in [6.07, 6.45) is 5.97. The number of pyridine rings is 1. The van der Waals surface area contributed by atoms with E-state index in [2.05, 4.69) is 29.7 Å². The minimum absolute atomic E-state index is 0.00668. The standard InChI is InChI=1S/C29H39N3O5/c1-6-22(17-36-5)32-26-13-11-20(10-12-24(19(3)33)29(35)37-23-8-7-9-23)15-25(26)30-27(32)21-14-18(2)28(34)31(4)16-21/h11,13-16,19,22-24,33H,6-10,12,17H2,1-5H3/t19-,22?,24+/m1/s1. The molecule has 3 atom stereocenters. The quantitative estimate of drug-likeness (QED) is 0.387. The van der Waals surface area contributed by atoms with Gasteiger partial charge in [0.15, 0.2) is 0 Å². The number of benzene rings is 1. The first kappa shape index (κ1) is 27.1. The number of rotatable bonds is 11. The zero-order chi connectivity index (χ0) is 26.7. The summed E-state index contributed by atoms with van der Waals surface area (Å²) < 4.78 is 14.9. The topological polar surface area (TPSA) is 95.6 Å².